The number of rotatable bonds is 5. The molecule has 0 saturated heterocycles. The van der Waals surface area contributed by atoms with E-state index in [-0.39, 0.29) is 16.1 Å². The maximum absolute atomic E-state index is 13.6. The van der Waals surface area contributed by atoms with Crippen LogP contribution in [-0.4, -0.2) is 15.7 Å². The van der Waals surface area contributed by atoms with Crippen LogP contribution in [0, 0.1) is 29.1 Å². The monoisotopic (exact) mass is 491 g/mol. The molecule has 0 aliphatic heterocycles. The fraction of sp³-hybridized carbons (Fsp3) is 0.375. The highest BCUT2D eigenvalue weighted by atomic mass is 79.9. The zero-order valence-corrected chi connectivity index (χ0v) is 15.7. The number of halogens is 9. The first-order valence-electron chi connectivity index (χ1n) is 8.08. The fourth-order valence-electron chi connectivity index (χ4n) is 2.68. The normalized spacial score (nSPS) is 14.4. The number of hydrogen-bond donors (Lipinski definition) is 1. The lowest BCUT2D eigenvalue weighted by atomic mass is 10.2. The minimum absolute atomic E-state index is 0.189. The molecular weight excluding hydrogens is 482 g/mol. The van der Waals surface area contributed by atoms with Gasteiger partial charge in [-0.15, -0.1) is 0 Å². The number of hydrogen-bond acceptors (Lipinski definition) is 2. The molecule has 0 atom stereocenters. The number of benzene rings is 1. The third-order valence-electron chi connectivity index (χ3n) is 4.19. The molecule has 1 amide bonds. The first kappa shape index (κ1) is 21.5. The van der Waals surface area contributed by atoms with Crippen molar-refractivity contribution in [3.8, 4) is 0 Å². The molecule has 1 aliphatic rings. The van der Waals surface area contributed by atoms with Gasteiger partial charge in [0, 0.05) is 12.3 Å². The van der Waals surface area contributed by atoms with Gasteiger partial charge in [0.25, 0.3) is 0 Å². The Bertz CT molecular complexity index is 955. The summed E-state index contributed by atoms with van der Waals surface area (Å²) in [5.41, 5.74) is -2.49. The van der Waals surface area contributed by atoms with E-state index in [0.29, 0.717) is 12.8 Å². The van der Waals surface area contributed by atoms with Crippen molar-refractivity contribution in [3.63, 3.8) is 0 Å². The lowest BCUT2D eigenvalue weighted by molar-refractivity contribution is -0.142. The SMILES string of the molecule is O=C(CCn1nc(C(F)(F)F)c(Br)c1C1CC1)Nc1c(F)c(F)c(F)c(F)c1F. The third-order valence-corrected chi connectivity index (χ3v) is 4.97. The summed E-state index contributed by atoms with van der Waals surface area (Å²) in [6, 6.07) is 0. The molecule has 3 rings (SSSR count). The number of aromatic nitrogens is 2. The largest absolute Gasteiger partial charge is 0.436 e. The molecule has 0 unspecified atom stereocenters. The maximum Gasteiger partial charge on any atom is 0.436 e. The van der Waals surface area contributed by atoms with Crippen molar-refractivity contribution in [3.05, 3.63) is 44.9 Å². The second-order valence-corrected chi connectivity index (χ2v) is 7.08. The quantitative estimate of drug-likeness (QED) is 0.352. The summed E-state index contributed by atoms with van der Waals surface area (Å²) < 4.78 is 106. The number of nitrogens with one attached hydrogen (secondary N) is 1. The van der Waals surface area contributed by atoms with Crippen LogP contribution in [-0.2, 0) is 17.5 Å². The molecule has 0 radical (unpaired) electrons. The average molecular weight is 492 g/mol. The molecule has 1 aliphatic carbocycles. The molecule has 1 fully saturated rings. The molecule has 158 valence electrons. The van der Waals surface area contributed by atoms with Gasteiger partial charge in [0.05, 0.1) is 16.7 Å². The van der Waals surface area contributed by atoms with E-state index in [9.17, 15) is 39.9 Å². The molecule has 1 aromatic carbocycles. The van der Waals surface area contributed by atoms with Gasteiger partial charge in [0.15, 0.2) is 29.0 Å². The van der Waals surface area contributed by atoms with E-state index in [1.54, 1.807) is 5.32 Å². The highest BCUT2D eigenvalue weighted by Crippen LogP contribution is 2.47. The van der Waals surface area contributed by atoms with Crippen LogP contribution in [0.25, 0.3) is 0 Å². The van der Waals surface area contributed by atoms with E-state index in [2.05, 4.69) is 21.0 Å². The maximum atomic E-state index is 13.6. The third kappa shape index (κ3) is 4.09. The van der Waals surface area contributed by atoms with Crippen LogP contribution in [0.5, 0.6) is 0 Å². The van der Waals surface area contributed by atoms with Crippen LogP contribution in [0.15, 0.2) is 4.47 Å². The number of anilines is 1. The summed E-state index contributed by atoms with van der Waals surface area (Å²) in [5.74, 6) is -12.7. The Morgan fingerprint density at radius 1 is 1.03 bits per heavy atom. The van der Waals surface area contributed by atoms with Crippen LogP contribution < -0.4 is 5.32 Å². The minimum Gasteiger partial charge on any atom is -0.321 e. The number of amides is 1. The second-order valence-electron chi connectivity index (χ2n) is 6.29. The topological polar surface area (TPSA) is 46.9 Å². The minimum atomic E-state index is -4.74. The van der Waals surface area contributed by atoms with Crippen LogP contribution in [0.3, 0.4) is 0 Å². The first-order chi connectivity index (χ1) is 13.4. The number of aryl methyl sites for hydroxylation is 1. The molecule has 1 N–H and O–H groups in total. The second kappa shape index (κ2) is 7.58. The Morgan fingerprint density at radius 2 is 1.55 bits per heavy atom. The van der Waals surface area contributed by atoms with Gasteiger partial charge in [-0.1, -0.05) is 0 Å². The average Bonchev–Trinajstić information content (AvgIpc) is 3.42. The van der Waals surface area contributed by atoms with Crippen LogP contribution in [0.1, 0.15) is 36.6 Å². The van der Waals surface area contributed by atoms with Crippen molar-refractivity contribution in [2.75, 3.05) is 5.32 Å². The predicted molar refractivity (Wildman–Crippen MR) is 86.4 cm³/mol. The van der Waals surface area contributed by atoms with Gasteiger partial charge in [0.1, 0.15) is 5.69 Å². The highest BCUT2D eigenvalue weighted by Gasteiger charge is 2.41. The summed E-state index contributed by atoms with van der Waals surface area (Å²) >= 11 is 2.86. The Hall–Kier alpha value is -2.18. The van der Waals surface area contributed by atoms with Gasteiger partial charge in [-0.25, -0.2) is 22.0 Å². The Kier molecular flexibility index (Phi) is 5.62. The van der Waals surface area contributed by atoms with Crippen molar-refractivity contribution in [2.45, 2.75) is 37.9 Å². The summed E-state index contributed by atoms with van der Waals surface area (Å²) in [6.07, 6.45) is -4.12. The molecular formula is C16H10BrF8N3O. The van der Waals surface area contributed by atoms with Gasteiger partial charge in [-0.2, -0.15) is 18.3 Å². The molecule has 4 nitrogen and oxygen atoms in total. The van der Waals surface area contributed by atoms with Crippen molar-refractivity contribution >= 4 is 27.5 Å². The number of nitrogens with zero attached hydrogens (tertiary/aromatic N) is 2. The number of carbonyl (C=O) groups excluding carboxylic acids is 1. The fourth-order valence-corrected chi connectivity index (χ4v) is 3.51. The molecule has 1 saturated carbocycles. The molecule has 1 aromatic heterocycles. The number of alkyl halides is 3. The molecule has 29 heavy (non-hydrogen) atoms. The zero-order valence-electron chi connectivity index (χ0n) is 14.1. The van der Waals surface area contributed by atoms with Crippen LogP contribution in [0.4, 0.5) is 40.8 Å². The van der Waals surface area contributed by atoms with Crippen molar-refractivity contribution < 1.29 is 39.9 Å². The van der Waals surface area contributed by atoms with Gasteiger partial charge in [-0.3, -0.25) is 9.48 Å². The molecule has 13 heteroatoms. The van der Waals surface area contributed by atoms with Gasteiger partial charge >= 0.3 is 6.18 Å². The van der Waals surface area contributed by atoms with Gasteiger partial charge < -0.3 is 5.32 Å². The lowest BCUT2D eigenvalue weighted by Gasteiger charge is -2.11. The number of carbonyl (C=O) groups is 1. The molecule has 0 spiro atoms. The van der Waals surface area contributed by atoms with E-state index < -0.39 is 65.5 Å². The molecule has 2 aromatic rings. The van der Waals surface area contributed by atoms with Gasteiger partial charge in [0.2, 0.25) is 11.7 Å². The first-order valence-corrected chi connectivity index (χ1v) is 8.87. The predicted octanol–water partition coefficient (Wildman–Crippen LogP) is 5.27. The Morgan fingerprint density at radius 3 is 2.03 bits per heavy atom. The van der Waals surface area contributed by atoms with E-state index in [0.717, 1.165) is 4.68 Å². The Labute approximate surface area is 166 Å². The van der Waals surface area contributed by atoms with Crippen molar-refractivity contribution in [2.24, 2.45) is 0 Å². The standard InChI is InChI=1S/C16H10BrF8N3O/c17-7-14(5-1-2-5)28(27-15(7)16(23,24)25)4-3-6(29)26-13-11(21)9(19)8(18)10(20)12(13)22/h5H,1-4H2,(H,26,29). The smallest absolute Gasteiger partial charge is 0.321 e. The Balaban J connectivity index is 1.79. The summed E-state index contributed by atoms with van der Waals surface area (Å²) in [5, 5.41) is 5.01. The van der Waals surface area contributed by atoms with Gasteiger partial charge in [-0.05, 0) is 28.8 Å². The van der Waals surface area contributed by atoms with Crippen LogP contribution >= 0.6 is 15.9 Å². The lowest BCUT2D eigenvalue weighted by Crippen LogP contribution is -2.19. The molecule has 1 heterocycles. The van der Waals surface area contributed by atoms with E-state index in [1.807, 2.05) is 0 Å². The summed E-state index contributed by atoms with van der Waals surface area (Å²) in [7, 11) is 0. The summed E-state index contributed by atoms with van der Waals surface area (Å²) in [4.78, 5) is 11.9. The van der Waals surface area contributed by atoms with E-state index in [4.69, 9.17) is 0 Å². The van der Waals surface area contributed by atoms with E-state index in [1.165, 1.54) is 0 Å². The van der Waals surface area contributed by atoms with Crippen LogP contribution in [0.2, 0.25) is 0 Å². The van der Waals surface area contributed by atoms with E-state index >= 15 is 0 Å². The zero-order chi connectivity index (χ0) is 21.7. The highest BCUT2D eigenvalue weighted by molar-refractivity contribution is 9.10. The molecule has 0 bridgehead atoms. The van der Waals surface area contributed by atoms with Crippen molar-refractivity contribution in [1.29, 1.82) is 0 Å². The van der Waals surface area contributed by atoms with Crippen molar-refractivity contribution in [1.82, 2.24) is 9.78 Å². The summed E-state index contributed by atoms with van der Waals surface area (Å²) in [6.45, 7) is -0.401.